The maximum atomic E-state index is 12.4. The van der Waals surface area contributed by atoms with Crippen molar-refractivity contribution in [2.24, 2.45) is 0 Å². The minimum Gasteiger partial charge on any atom is -0.169 e. The minimum atomic E-state index is -6.38. The number of rotatable bonds is 2. The van der Waals surface area contributed by atoms with E-state index in [4.69, 9.17) is 0 Å². The Balaban J connectivity index is 6.15. The largest absolute Gasteiger partial charge is 0.411 e. The van der Waals surface area contributed by atoms with Gasteiger partial charge in [0.25, 0.3) is 0 Å². The second-order valence-corrected chi connectivity index (χ2v) is 6.00. The molecule has 0 spiro atoms. The Hall–Kier alpha value is -0.490. The number of alkyl halides is 12. The van der Waals surface area contributed by atoms with Crippen molar-refractivity contribution in [1.29, 1.82) is 0 Å². The topological polar surface area (TPSA) is 0 Å². The maximum Gasteiger partial charge on any atom is 0.411 e. The smallest absolute Gasteiger partial charge is 0.169 e. The molecule has 128 valence electrons. The van der Waals surface area contributed by atoms with Gasteiger partial charge in [0.15, 0.2) is 0 Å². The van der Waals surface area contributed by atoms with Gasteiger partial charge in [-0.05, 0) is 13.8 Å². The first-order valence-electron chi connectivity index (χ1n) is 4.68. The van der Waals surface area contributed by atoms with Crippen molar-refractivity contribution in [2.75, 3.05) is 0 Å². The molecule has 0 aromatic rings. The fourth-order valence-electron chi connectivity index (χ4n) is 0.961. The van der Waals surface area contributed by atoms with Gasteiger partial charge in [0.05, 0.1) is 0 Å². The molecule has 0 aliphatic carbocycles. The summed E-state index contributed by atoms with van der Waals surface area (Å²) in [6.45, 7) is -1.54. The first kappa shape index (κ1) is 20.5. The van der Waals surface area contributed by atoms with Gasteiger partial charge in [-0.1, -0.05) is 0 Å². The fraction of sp³-hybridized carbons (Fsp3) is 1.00. The van der Waals surface area contributed by atoms with E-state index in [2.05, 4.69) is 0 Å². The molecule has 13 heteroatoms. The molecule has 0 nitrogen and oxygen atoms in total. The van der Waals surface area contributed by atoms with E-state index in [-0.39, 0.29) is 0 Å². The molecule has 0 bridgehead atoms. The van der Waals surface area contributed by atoms with Gasteiger partial charge in [-0.3, -0.25) is 0 Å². The molecule has 0 atom stereocenters. The van der Waals surface area contributed by atoms with Gasteiger partial charge in [-0.2, -0.15) is 52.7 Å². The lowest BCUT2D eigenvalue weighted by atomic mass is 10.1. The number of thioether (sulfide) groups is 1. The van der Waals surface area contributed by atoms with Crippen LogP contribution in [0.2, 0.25) is 0 Å². The third-order valence-electron chi connectivity index (χ3n) is 2.57. The van der Waals surface area contributed by atoms with Crippen LogP contribution >= 0.6 is 11.8 Å². The van der Waals surface area contributed by atoms with Crippen LogP contribution < -0.4 is 0 Å². The molecule has 0 aromatic heterocycles. The Labute approximate surface area is 113 Å². The molecule has 0 aliphatic rings. The molecule has 0 amide bonds. The summed E-state index contributed by atoms with van der Waals surface area (Å²) in [5, 5.41) is 0. The van der Waals surface area contributed by atoms with Gasteiger partial charge in [-0.25, -0.2) is 0 Å². The third kappa shape index (κ3) is 3.47. The van der Waals surface area contributed by atoms with Gasteiger partial charge in [0.1, 0.15) is 0 Å². The first-order valence-corrected chi connectivity index (χ1v) is 5.49. The predicted octanol–water partition coefficient (Wildman–Crippen LogP) is 5.49. The quantitative estimate of drug-likeness (QED) is 0.586. The second-order valence-electron chi connectivity index (χ2n) is 4.16. The van der Waals surface area contributed by atoms with E-state index < -0.39 is 59.8 Å². The highest BCUT2D eigenvalue weighted by Crippen LogP contribution is 2.62. The van der Waals surface area contributed by atoms with Crippen molar-refractivity contribution in [3.8, 4) is 0 Å². The molecule has 0 unspecified atom stereocenters. The Bertz CT molecular complexity index is 305. The zero-order chi connectivity index (χ0) is 17.7. The third-order valence-corrected chi connectivity index (χ3v) is 4.31. The molecule has 0 radical (unpaired) electrons. The Kier molecular flexibility index (Phi) is 4.90. The molecule has 0 heterocycles. The van der Waals surface area contributed by atoms with Crippen molar-refractivity contribution >= 4 is 11.8 Å². The molecule has 0 saturated carbocycles. The van der Waals surface area contributed by atoms with Gasteiger partial charge >= 0.3 is 24.7 Å². The second kappa shape index (κ2) is 5.01. The molecule has 0 N–H and O–H groups in total. The fourth-order valence-corrected chi connectivity index (χ4v) is 2.24. The molecule has 0 rings (SSSR count). The summed E-state index contributed by atoms with van der Waals surface area (Å²) in [6, 6.07) is 0. The van der Waals surface area contributed by atoms with Gasteiger partial charge in [0, 0.05) is 0 Å². The van der Waals surface area contributed by atoms with Crippen molar-refractivity contribution in [1.82, 2.24) is 0 Å². The lowest BCUT2D eigenvalue weighted by Gasteiger charge is -2.42. The monoisotopic (exact) mass is 362 g/mol. The van der Waals surface area contributed by atoms with Crippen LogP contribution in [0.1, 0.15) is 13.8 Å². The molecule has 0 aliphatic heterocycles. The van der Waals surface area contributed by atoms with Crippen LogP contribution in [0.5, 0.6) is 0 Å². The van der Waals surface area contributed by atoms with Crippen LogP contribution in [0.25, 0.3) is 0 Å². The van der Waals surface area contributed by atoms with Crippen LogP contribution in [-0.4, -0.2) is 34.2 Å². The molecule has 21 heavy (non-hydrogen) atoms. The average molecular weight is 362 g/mol. The summed E-state index contributed by atoms with van der Waals surface area (Å²) in [5.41, 5.74) is 0. The number of halogens is 12. The zero-order valence-electron chi connectivity index (χ0n) is 9.94. The molecule has 0 saturated heterocycles. The van der Waals surface area contributed by atoms with Crippen LogP contribution in [0, 0.1) is 0 Å². The molecular weight excluding hydrogens is 356 g/mol. The molecule has 0 aromatic carbocycles. The summed E-state index contributed by atoms with van der Waals surface area (Å²) >= 11 is -2.28. The maximum absolute atomic E-state index is 12.4. The normalized spacial score (nSPS) is 16.3. The summed E-state index contributed by atoms with van der Waals surface area (Å²) < 4.78 is 139. The van der Waals surface area contributed by atoms with E-state index in [1.54, 1.807) is 0 Å². The highest BCUT2D eigenvalue weighted by Gasteiger charge is 2.78. The van der Waals surface area contributed by atoms with E-state index in [9.17, 15) is 52.7 Å². The molecular formula is C8H6F12S. The van der Waals surface area contributed by atoms with Crippen molar-refractivity contribution < 1.29 is 52.7 Å². The average Bonchev–Trinajstić information content (AvgIpc) is 2.09. The van der Waals surface area contributed by atoms with Crippen LogP contribution in [0.15, 0.2) is 0 Å². The van der Waals surface area contributed by atoms with Crippen molar-refractivity contribution in [3.63, 3.8) is 0 Å². The van der Waals surface area contributed by atoms with E-state index in [1.165, 1.54) is 0 Å². The Morgan fingerprint density at radius 1 is 0.429 bits per heavy atom. The van der Waals surface area contributed by atoms with Gasteiger partial charge in [0.2, 0.25) is 9.49 Å². The Morgan fingerprint density at radius 3 is 0.667 bits per heavy atom. The highest BCUT2D eigenvalue weighted by atomic mass is 32.2. The number of hydrogen-bond acceptors (Lipinski definition) is 1. The first-order chi connectivity index (χ1) is 8.71. The van der Waals surface area contributed by atoms with Crippen LogP contribution in [0.4, 0.5) is 52.7 Å². The molecule has 0 fully saturated rings. The highest BCUT2D eigenvalue weighted by molar-refractivity contribution is 8.02. The summed E-state index contributed by atoms with van der Waals surface area (Å²) in [5.74, 6) is 0. The van der Waals surface area contributed by atoms with Gasteiger partial charge < -0.3 is 0 Å². The van der Waals surface area contributed by atoms with Crippen molar-refractivity contribution in [3.05, 3.63) is 0 Å². The predicted molar refractivity (Wildman–Crippen MR) is 48.6 cm³/mol. The minimum absolute atomic E-state index is 0.770. The zero-order valence-corrected chi connectivity index (χ0v) is 10.8. The Morgan fingerprint density at radius 2 is 0.571 bits per heavy atom. The van der Waals surface area contributed by atoms with E-state index in [0.717, 1.165) is 0 Å². The van der Waals surface area contributed by atoms with Crippen molar-refractivity contribution in [2.45, 2.75) is 48.0 Å². The van der Waals surface area contributed by atoms with E-state index in [1.807, 2.05) is 0 Å². The number of hydrogen-bond donors (Lipinski definition) is 0. The summed E-state index contributed by atoms with van der Waals surface area (Å²) in [4.78, 5) is 0. The van der Waals surface area contributed by atoms with E-state index in [0.29, 0.717) is 0 Å². The lowest BCUT2D eigenvalue weighted by Crippen LogP contribution is -2.60. The van der Waals surface area contributed by atoms with Gasteiger partial charge in [-0.15, -0.1) is 11.8 Å². The standard InChI is InChI=1S/C8H6F12S/c1-3(5(9,10)11,6(12,13)14)21-4(2,7(15,16)17)8(18,19)20/h1-2H3. The summed E-state index contributed by atoms with van der Waals surface area (Å²) in [7, 11) is 0. The SMILES string of the molecule is CC(SC(C)(C(F)(F)F)C(F)(F)F)(C(F)(F)F)C(F)(F)F. The summed E-state index contributed by atoms with van der Waals surface area (Å²) in [6.07, 6.45) is -25.5. The lowest BCUT2D eigenvalue weighted by molar-refractivity contribution is -0.271. The van der Waals surface area contributed by atoms with Crippen LogP contribution in [-0.2, 0) is 0 Å². The van der Waals surface area contributed by atoms with Crippen LogP contribution in [0.3, 0.4) is 0 Å². The van der Waals surface area contributed by atoms with E-state index >= 15 is 0 Å².